The molecule has 2 atom stereocenters. The molecule has 2 rings (SSSR count). The van der Waals surface area contributed by atoms with E-state index in [1.807, 2.05) is 0 Å². The second kappa shape index (κ2) is 7.37. The van der Waals surface area contributed by atoms with Crippen molar-refractivity contribution < 1.29 is 12.8 Å². The summed E-state index contributed by atoms with van der Waals surface area (Å²) in [5.41, 5.74) is 5.89. The Morgan fingerprint density at radius 3 is 2.71 bits per heavy atom. The number of hydrogen-bond donors (Lipinski definition) is 1. The van der Waals surface area contributed by atoms with Crippen molar-refractivity contribution >= 4 is 38.4 Å². The zero-order valence-electron chi connectivity index (χ0n) is 11.6. The van der Waals surface area contributed by atoms with Crippen LogP contribution < -0.4 is 5.73 Å². The van der Waals surface area contributed by atoms with E-state index in [9.17, 15) is 12.8 Å². The highest BCUT2D eigenvalue weighted by molar-refractivity contribution is 9.10. The Morgan fingerprint density at radius 1 is 1.43 bits per heavy atom. The summed E-state index contributed by atoms with van der Waals surface area (Å²) in [6.45, 7) is 2.18. The van der Waals surface area contributed by atoms with Crippen LogP contribution in [-0.2, 0) is 10.0 Å². The van der Waals surface area contributed by atoms with Gasteiger partial charge in [0, 0.05) is 23.1 Å². The van der Waals surface area contributed by atoms with Gasteiger partial charge in [-0.1, -0.05) is 22.4 Å². The van der Waals surface area contributed by atoms with Gasteiger partial charge in [0.2, 0.25) is 10.0 Å². The summed E-state index contributed by atoms with van der Waals surface area (Å²) in [5, 5.41) is 0. The van der Waals surface area contributed by atoms with Crippen molar-refractivity contribution in [2.75, 3.05) is 6.54 Å². The molecule has 0 spiro atoms. The van der Waals surface area contributed by atoms with Crippen molar-refractivity contribution in [1.29, 1.82) is 0 Å². The van der Waals surface area contributed by atoms with E-state index in [1.165, 1.54) is 16.4 Å². The molecule has 1 heterocycles. The monoisotopic (exact) mass is 400 g/mol. The lowest BCUT2D eigenvalue weighted by molar-refractivity contribution is 0.226. The summed E-state index contributed by atoms with van der Waals surface area (Å²) in [5.74, 6) is -0.734. The largest absolute Gasteiger partial charge is 0.326 e. The summed E-state index contributed by atoms with van der Waals surface area (Å²) >= 11 is 3.18. The Kier molecular flexibility index (Phi) is 6.61. The first kappa shape index (κ1) is 18.8. The van der Waals surface area contributed by atoms with E-state index in [0.29, 0.717) is 17.4 Å². The molecule has 0 amide bonds. The van der Waals surface area contributed by atoms with E-state index in [2.05, 4.69) is 15.9 Å². The number of nitrogens with two attached hydrogens (primary N) is 1. The minimum Gasteiger partial charge on any atom is -0.326 e. The molecule has 21 heavy (non-hydrogen) atoms. The molecule has 120 valence electrons. The van der Waals surface area contributed by atoms with Crippen molar-refractivity contribution in [1.82, 2.24) is 4.31 Å². The van der Waals surface area contributed by atoms with E-state index in [1.54, 1.807) is 6.92 Å². The highest BCUT2D eigenvalue weighted by Gasteiger charge is 2.36. The van der Waals surface area contributed by atoms with Crippen LogP contribution in [0.4, 0.5) is 4.39 Å². The van der Waals surface area contributed by atoms with Gasteiger partial charge in [-0.2, -0.15) is 4.31 Å². The predicted octanol–water partition coefficient (Wildman–Crippen LogP) is 2.90. The smallest absolute Gasteiger partial charge is 0.246 e. The Hall–Kier alpha value is -0.210. The van der Waals surface area contributed by atoms with E-state index < -0.39 is 15.8 Å². The Labute approximate surface area is 139 Å². The predicted molar refractivity (Wildman–Crippen MR) is 86.5 cm³/mol. The summed E-state index contributed by atoms with van der Waals surface area (Å²) in [6.07, 6.45) is 2.43. The molecule has 0 bridgehead atoms. The van der Waals surface area contributed by atoms with E-state index in [-0.39, 0.29) is 29.4 Å². The van der Waals surface area contributed by atoms with Gasteiger partial charge in [-0.3, -0.25) is 0 Å². The van der Waals surface area contributed by atoms with Crippen LogP contribution in [0.2, 0.25) is 0 Å². The van der Waals surface area contributed by atoms with Crippen molar-refractivity contribution in [2.24, 2.45) is 5.73 Å². The Morgan fingerprint density at radius 2 is 2.10 bits per heavy atom. The van der Waals surface area contributed by atoms with Crippen LogP contribution in [-0.4, -0.2) is 31.4 Å². The molecule has 0 radical (unpaired) electrons. The van der Waals surface area contributed by atoms with Gasteiger partial charge >= 0.3 is 0 Å². The van der Waals surface area contributed by atoms with Gasteiger partial charge in [-0.25, -0.2) is 12.8 Å². The number of halogens is 3. The molecule has 1 aromatic carbocycles. The SMILES string of the molecule is CC(N)C1CCCCN1S(=O)(=O)c1cc(Br)ccc1F.Cl. The molecule has 4 nitrogen and oxygen atoms in total. The minimum absolute atomic E-state index is 0. The average Bonchev–Trinajstić information content (AvgIpc) is 2.41. The van der Waals surface area contributed by atoms with Gasteiger partial charge in [0.25, 0.3) is 0 Å². The first-order chi connectivity index (χ1) is 9.34. The van der Waals surface area contributed by atoms with Crippen LogP contribution in [0.15, 0.2) is 27.6 Å². The molecule has 1 aliphatic rings. The first-order valence-electron chi connectivity index (χ1n) is 6.56. The molecule has 0 aliphatic carbocycles. The Bertz CT molecular complexity index is 598. The van der Waals surface area contributed by atoms with Crippen LogP contribution in [0.25, 0.3) is 0 Å². The molecule has 0 aromatic heterocycles. The van der Waals surface area contributed by atoms with Crippen molar-refractivity contribution in [3.05, 3.63) is 28.5 Å². The number of nitrogens with zero attached hydrogens (tertiary/aromatic N) is 1. The highest BCUT2D eigenvalue weighted by Crippen LogP contribution is 2.29. The van der Waals surface area contributed by atoms with Gasteiger partial charge in [0.15, 0.2) is 0 Å². The minimum atomic E-state index is -3.86. The molecular weight excluding hydrogens is 383 g/mol. The zero-order valence-corrected chi connectivity index (χ0v) is 14.8. The lowest BCUT2D eigenvalue weighted by Gasteiger charge is -2.36. The maximum Gasteiger partial charge on any atom is 0.246 e. The van der Waals surface area contributed by atoms with Crippen LogP contribution in [0.5, 0.6) is 0 Å². The number of sulfonamides is 1. The van der Waals surface area contributed by atoms with Gasteiger partial charge in [-0.15, -0.1) is 12.4 Å². The lowest BCUT2D eigenvalue weighted by Crippen LogP contribution is -2.51. The fraction of sp³-hybridized carbons (Fsp3) is 0.538. The summed E-state index contributed by atoms with van der Waals surface area (Å²) < 4.78 is 41.1. The average molecular weight is 402 g/mol. The third kappa shape index (κ3) is 3.96. The maximum atomic E-state index is 13.9. The van der Waals surface area contributed by atoms with Gasteiger partial charge < -0.3 is 5.73 Å². The summed E-state index contributed by atoms with van der Waals surface area (Å²) in [7, 11) is -3.86. The van der Waals surface area contributed by atoms with Crippen LogP contribution >= 0.6 is 28.3 Å². The number of piperidine rings is 1. The molecule has 2 N–H and O–H groups in total. The quantitative estimate of drug-likeness (QED) is 0.847. The fourth-order valence-corrected chi connectivity index (χ4v) is 4.93. The lowest BCUT2D eigenvalue weighted by atomic mass is 10.00. The van der Waals surface area contributed by atoms with Gasteiger partial charge in [0.1, 0.15) is 10.7 Å². The second-order valence-corrected chi connectivity index (χ2v) is 7.89. The van der Waals surface area contributed by atoms with Crippen molar-refractivity contribution in [3.8, 4) is 0 Å². The van der Waals surface area contributed by atoms with Crippen LogP contribution in [0, 0.1) is 5.82 Å². The van der Waals surface area contributed by atoms with Gasteiger partial charge in [0.05, 0.1) is 0 Å². The normalized spacial score (nSPS) is 21.6. The number of benzene rings is 1. The topological polar surface area (TPSA) is 63.4 Å². The molecule has 1 aromatic rings. The van der Waals surface area contributed by atoms with Crippen LogP contribution in [0.1, 0.15) is 26.2 Å². The molecule has 1 saturated heterocycles. The molecule has 0 saturated carbocycles. The third-order valence-corrected chi connectivity index (χ3v) is 6.02. The number of hydrogen-bond acceptors (Lipinski definition) is 3. The van der Waals surface area contributed by atoms with Crippen molar-refractivity contribution in [2.45, 2.75) is 43.2 Å². The highest BCUT2D eigenvalue weighted by atomic mass is 79.9. The fourth-order valence-electron chi connectivity index (χ4n) is 2.56. The molecule has 1 aliphatic heterocycles. The standard InChI is InChI=1S/C13H18BrFN2O2S.ClH/c1-9(16)12-4-2-3-7-17(12)20(18,19)13-8-10(14)5-6-11(13)15;/h5-6,8-9,12H,2-4,7,16H2,1H3;1H. The van der Waals surface area contributed by atoms with Gasteiger partial charge in [-0.05, 0) is 38.0 Å². The van der Waals surface area contributed by atoms with E-state index >= 15 is 0 Å². The summed E-state index contributed by atoms with van der Waals surface area (Å²) in [6, 6.07) is 3.39. The number of rotatable bonds is 3. The van der Waals surface area contributed by atoms with E-state index in [0.717, 1.165) is 18.9 Å². The third-order valence-electron chi connectivity index (χ3n) is 3.59. The molecule has 1 fully saturated rings. The summed E-state index contributed by atoms with van der Waals surface area (Å²) in [4.78, 5) is -0.292. The van der Waals surface area contributed by atoms with Crippen LogP contribution in [0.3, 0.4) is 0 Å². The maximum absolute atomic E-state index is 13.9. The first-order valence-corrected chi connectivity index (χ1v) is 8.80. The second-order valence-electron chi connectivity index (χ2n) is 5.11. The molecular formula is C13H19BrClFN2O2S. The Balaban J connectivity index is 0.00000220. The molecule has 2 unspecified atom stereocenters. The zero-order chi connectivity index (χ0) is 14.9. The molecule has 8 heteroatoms. The van der Waals surface area contributed by atoms with E-state index in [4.69, 9.17) is 5.73 Å². The van der Waals surface area contributed by atoms with Crippen molar-refractivity contribution in [3.63, 3.8) is 0 Å².